The van der Waals surface area contributed by atoms with Gasteiger partial charge in [-0.2, -0.15) is 0 Å². The van der Waals surface area contributed by atoms with Gasteiger partial charge in [-0.1, -0.05) is 0 Å². The number of hydrogen-bond acceptors (Lipinski definition) is 11. The van der Waals surface area contributed by atoms with Gasteiger partial charge in [-0.05, 0) is 73.5 Å². The quantitative estimate of drug-likeness (QED) is 0.143. The summed E-state index contributed by atoms with van der Waals surface area (Å²) >= 11 is 0. The van der Waals surface area contributed by atoms with Crippen molar-refractivity contribution >= 4 is 30.0 Å². The largest absolute Gasteiger partial charge is 0.466 e. The monoisotopic (exact) mass is 610 g/mol. The van der Waals surface area contributed by atoms with E-state index in [9.17, 15) is 19.2 Å². The molecule has 244 valence electrons. The summed E-state index contributed by atoms with van der Waals surface area (Å²) in [5.41, 5.74) is 4.30. The third-order valence-electron chi connectivity index (χ3n) is 8.08. The highest BCUT2D eigenvalue weighted by atomic mass is 16.6. The number of hydrogen-bond donors (Lipinski definition) is 2. The molecule has 0 aliphatic carbocycles. The van der Waals surface area contributed by atoms with Crippen LogP contribution in [0.3, 0.4) is 0 Å². The molecule has 3 aliphatic rings. The van der Waals surface area contributed by atoms with Crippen LogP contribution in [-0.2, 0) is 28.5 Å². The van der Waals surface area contributed by atoms with Crippen LogP contribution in [0.4, 0.5) is 9.59 Å². The molecule has 0 aromatic carbocycles. The Morgan fingerprint density at radius 1 is 1.00 bits per heavy atom. The van der Waals surface area contributed by atoms with Gasteiger partial charge in [0.05, 0.1) is 31.6 Å². The zero-order valence-corrected chi connectivity index (χ0v) is 26.4. The van der Waals surface area contributed by atoms with E-state index >= 15 is 0 Å². The summed E-state index contributed by atoms with van der Waals surface area (Å²) in [6.45, 7) is 14.3. The van der Waals surface area contributed by atoms with Gasteiger partial charge in [0.15, 0.2) is 0 Å². The zero-order valence-electron chi connectivity index (χ0n) is 26.4. The third kappa shape index (κ3) is 9.68. The van der Waals surface area contributed by atoms with Gasteiger partial charge in [0.2, 0.25) is 0 Å². The van der Waals surface area contributed by atoms with E-state index in [-0.39, 0.29) is 43.6 Å². The summed E-state index contributed by atoms with van der Waals surface area (Å²) in [7, 11) is 0. The normalized spacial score (nSPS) is 23.0. The second-order valence-electron chi connectivity index (χ2n) is 12.5. The number of nitrogens with one attached hydrogen (secondary N) is 1. The second kappa shape index (κ2) is 15.0. The van der Waals surface area contributed by atoms with Gasteiger partial charge in [0.25, 0.3) is 0 Å². The number of carbonyl (C=O) groups is 4. The number of nitrogens with two attached hydrogens (primary N) is 1. The van der Waals surface area contributed by atoms with Gasteiger partial charge in [-0.15, -0.1) is 0 Å². The molecule has 2 unspecified atom stereocenters. The van der Waals surface area contributed by atoms with E-state index in [1.54, 1.807) is 39.5 Å². The number of esters is 2. The number of amidine groups is 1. The van der Waals surface area contributed by atoms with Crippen molar-refractivity contribution in [2.24, 2.45) is 11.1 Å². The SMILES string of the molecule is CCOC(=O)CC1(C(=O)OCC)CCN(CC2CN(CCCN3CCN(C(=O)OC(C)(C)C)C(C(=N)N)C3)C(=O)O2)CC1. The molecule has 2 atom stereocenters. The molecule has 43 heavy (non-hydrogen) atoms. The molecular formula is C29H50N6O8. The number of nitrogens with zero attached hydrogens (tertiary/aromatic N) is 4. The zero-order chi connectivity index (χ0) is 31.8. The third-order valence-corrected chi connectivity index (χ3v) is 8.08. The Kier molecular flexibility index (Phi) is 12.0. The first kappa shape index (κ1) is 34.4. The maximum Gasteiger partial charge on any atom is 0.411 e. The summed E-state index contributed by atoms with van der Waals surface area (Å²) in [5.74, 6) is -0.840. The van der Waals surface area contributed by atoms with Crippen LogP contribution in [0.25, 0.3) is 0 Å². The van der Waals surface area contributed by atoms with E-state index in [4.69, 9.17) is 30.1 Å². The maximum atomic E-state index is 12.8. The minimum absolute atomic E-state index is 0.00290. The Morgan fingerprint density at radius 3 is 2.28 bits per heavy atom. The van der Waals surface area contributed by atoms with Crippen molar-refractivity contribution < 1.29 is 38.1 Å². The summed E-state index contributed by atoms with van der Waals surface area (Å²) < 4.78 is 21.6. The topological polar surface area (TPSA) is 168 Å². The lowest BCUT2D eigenvalue weighted by Gasteiger charge is -2.41. The number of piperazine rings is 1. The highest BCUT2D eigenvalue weighted by Crippen LogP contribution is 2.37. The highest BCUT2D eigenvalue weighted by Gasteiger charge is 2.45. The van der Waals surface area contributed by atoms with E-state index in [2.05, 4.69) is 9.80 Å². The molecule has 0 aromatic rings. The molecule has 0 bridgehead atoms. The number of carbonyl (C=O) groups excluding carboxylic acids is 4. The summed E-state index contributed by atoms with van der Waals surface area (Å²) in [4.78, 5) is 57.8. The van der Waals surface area contributed by atoms with Crippen molar-refractivity contribution in [2.75, 3.05) is 72.1 Å². The highest BCUT2D eigenvalue weighted by molar-refractivity contribution is 5.87. The van der Waals surface area contributed by atoms with Crippen LogP contribution < -0.4 is 5.73 Å². The number of cyclic esters (lactones) is 1. The lowest BCUT2D eigenvalue weighted by Crippen LogP contribution is -2.60. The predicted octanol–water partition coefficient (Wildman–Crippen LogP) is 1.65. The van der Waals surface area contributed by atoms with Crippen molar-refractivity contribution in [3.8, 4) is 0 Å². The van der Waals surface area contributed by atoms with Gasteiger partial charge >= 0.3 is 24.1 Å². The van der Waals surface area contributed by atoms with Crippen LogP contribution in [0.1, 0.15) is 60.3 Å². The van der Waals surface area contributed by atoms with Gasteiger partial charge in [0.1, 0.15) is 23.6 Å². The molecule has 14 heteroatoms. The van der Waals surface area contributed by atoms with Crippen molar-refractivity contribution in [2.45, 2.75) is 78.0 Å². The van der Waals surface area contributed by atoms with Crippen LogP contribution in [0, 0.1) is 10.8 Å². The van der Waals surface area contributed by atoms with Gasteiger partial charge < -0.3 is 29.6 Å². The smallest absolute Gasteiger partial charge is 0.411 e. The Labute approximate surface area is 254 Å². The number of ether oxygens (including phenoxy) is 4. The second-order valence-corrected chi connectivity index (χ2v) is 12.5. The molecule has 14 nitrogen and oxygen atoms in total. The summed E-state index contributed by atoms with van der Waals surface area (Å²) in [6.07, 6.45) is 0.544. The van der Waals surface area contributed by atoms with Gasteiger partial charge in [-0.3, -0.25) is 29.7 Å². The van der Waals surface area contributed by atoms with E-state index in [0.717, 1.165) is 0 Å². The Morgan fingerprint density at radius 2 is 1.67 bits per heavy atom. The van der Waals surface area contributed by atoms with E-state index in [1.807, 2.05) is 0 Å². The van der Waals surface area contributed by atoms with E-state index < -0.39 is 29.1 Å². The lowest BCUT2D eigenvalue weighted by molar-refractivity contribution is -0.165. The first-order valence-electron chi connectivity index (χ1n) is 15.3. The molecule has 3 aliphatic heterocycles. The minimum atomic E-state index is -0.892. The number of rotatable bonds is 12. The average Bonchev–Trinajstić information content (AvgIpc) is 3.27. The molecule has 3 N–H and O–H groups in total. The molecule has 0 spiro atoms. The van der Waals surface area contributed by atoms with Gasteiger partial charge in [-0.25, -0.2) is 9.59 Å². The molecule has 3 rings (SSSR count). The summed E-state index contributed by atoms with van der Waals surface area (Å²) in [5, 5.41) is 7.99. The average molecular weight is 611 g/mol. The fraction of sp³-hybridized carbons (Fsp3) is 0.828. The number of piperidine rings is 1. The van der Waals surface area contributed by atoms with Crippen LogP contribution >= 0.6 is 0 Å². The molecule has 0 aromatic heterocycles. The Hall–Kier alpha value is -3.13. The van der Waals surface area contributed by atoms with Crippen molar-refractivity contribution in [1.82, 2.24) is 19.6 Å². The maximum absolute atomic E-state index is 12.8. The molecule has 3 heterocycles. The Bertz CT molecular complexity index is 1010. The fourth-order valence-corrected chi connectivity index (χ4v) is 5.86. The van der Waals surface area contributed by atoms with Crippen molar-refractivity contribution in [3.63, 3.8) is 0 Å². The molecule has 2 amide bonds. The predicted molar refractivity (Wildman–Crippen MR) is 158 cm³/mol. The molecular weight excluding hydrogens is 560 g/mol. The Balaban J connectivity index is 1.44. The first-order chi connectivity index (χ1) is 20.3. The number of likely N-dealkylation sites (tertiary alicyclic amines) is 1. The van der Waals surface area contributed by atoms with Crippen molar-refractivity contribution in [3.05, 3.63) is 0 Å². The van der Waals surface area contributed by atoms with Crippen molar-refractivity contribution in [1.29, 1.82) is 5.41 Å². The molecule has 3 saturated heterocycles. The molecule has 0 radical (unpaired) electrons. The van der Waals surface area contributed by atoms with Crippen LogP contribution in [0.15, 0.2) is 0 Å². The standard InChI is InChI=1S/C29H50N6O8/c1-6-40-23(36)17-29(25(37)41-7-2)9-13-33(14-10-29)18-21-19-34(26(38)42-21)12-8-11-32-15-16-35(22(20-32)24(30)31)27(39)43-28(3,4)5/h21-22H,6-20H2,1-5H3,(H3,30,31). The van der Waals surface area contributed by atoms with E-state index in [1.165, 1.54) is 4.90 Å². The lowest BCUT2D eigenvalue weighted by atomic mass is 9.75. The van der Waals surface area contributed by atoms with E-state index in [0.29, 0.717) is 78.2 Å². The van der Waals surface area contributed by atoms with Crippen LogP contribution in [0.2, 0.25) is 0 Å². The molecule has 0 saturated carbocycles. The minimum Gasteiger partial charge on any atom is -0.466 e. The first-order valence-corrected chi connectivity index (χ1v) is 15.3. The van der Waals surface area contributed by atoms with Crippen LogP contribution in [-0.4, -0.2) is 139 Å². The number of amides is 2. The van der Waals surface area contributed by atoms with Crippen LogP contribution in [0.5, 0.6) is 0 Å². The fourth-order valence-electron chi connectivity index (χ4n) is 5.86. The summed E-state index contributed by atoms with van der Waals surface area (Å²) in [6, 6.07) is -0.561. The molecule has 3 fully saturated rings. The van der Waals surface area contributed by atoms with Gasteiger partial charge in [0, 0.05) is 32.7 Å².